The number of hydrogen-bond donors (Lipinski definition) is 7. The molecule has 182 valence electrons. The largest absolute Gasteiger partial charge is 0.480 e. The lowest BCUT2D eigenvalue weighted by molar-refractivity contribution is -0.138. The number of fused-ring (bicyclic) bond motifs is 1. The Morgan fingerprint density at radius 2 is 1.79 bits per heavy atom. The molecule has 3 heterocycles. The highest BCUT2D eigenvalue weighted by Crippen LogP contribution is 2.32. The van der Waals surface area contributed by atoms with Crippen molar-refractivity contribution in [3.63, 3.8) is 0 Å². The summed E-state index contributed by atoms with van der Waals surface area (Å²) < 4.78 is 7.38. The van der Waals surface area contributed by atoms with E-state index in [0.29, 0.717) is 11.2 Å². The Balaban J connectivity index is 1.73. The predicted octanol–water partition coefficient (Wildman–Crippen LogP) is -3.67. The van der Waals surface area contributed by atoms with Crippen LogP contribution in [0.5, 0.6) is 0 Å². The zero-order chi connectivity index (χ0) is 24.3. The van der Waals surface area contributed by atoms with Gasteiger partial charge in [-0.25, -0.2) is 15.0 Å². The van der Waals surface area contributed by atoms with E-state index < -0.39 is 48.5 Å². The lowest BCUT2D eigenvalue weighted by atomic mass is 10.1. The van der Waals surface area contributed by atoms with Crippen LogP contribution in [0.15, 0.2) is 12.7 Å². The topological polar surface area (TPSA) is 255 Å². The van der Waals surface area contributed by atoms with Crippen LogP contribution < -0.4 is 22.9 Å². The Bertz CT molecular complexity index is 963. The van der Waals surface area contributed by atoms with Gasteiger partial charge in [0.25, 0.3) is 0 Å². The van der Waals surface area contributed by atoms with E-state index in [-0.39, 0.29) is 38.3 Å². The minimum absolute atomic E-state index is 0.107. The number of aliphatic carboxylic acids is 1. The lowest BCUT2D eigenvalue weighted by Gasteiger charge is -2.28. The Labute approximate surface area is 188 Å². The molecule has 2 aromatic heterocycles. The molecule has 15 nitrogen and oxygen atoms in total. The van der Waals surface area contributed by atoms with Crippen molar-refractivity contribution in [2.45, 2.75) is 49.5 Å². The standard InChI is InChI=1S/C18H29N9O6/c19-8(15(22)30)1-3-26(4-2-9(20)18(31)32)5-10-12(28)13(29)17(33-10)27-7-25-11-14(21)23-6-24-16(11)27/h6-10,12-13,17,28-29H,1-5,19-20H2,(H2,22,30)(H,31,32)(H2,21,23,24)/t8-,9-,10+,12+,13+,17+/m0/s1. The number of carboxylic acid groups (broad SMARTS) is 1. The molecule has 0 unspecified atom stereocenters. The number of nitrogens with two attached hydrogens (primary N) is 4. The quantitative estimate of drug-likeness (QED) is 0.168. The molecule has 33 heavy (non-hydrogen) atoms. The van der Waals surface area contributed by atoms with Gasteiger partial charge in [0.1, 0.15) is 36.2 Å². The summed E-state index contributed by atoms with van der Waals surface area (Å²) in [6.45, 7) is 0.599. The minimum Gasteiger partial charge on any atom is -0.480 e. The van der Waals surface area contributed by atoms with Crippen molar-refractivity contribution in [3.8, 4) is 0 Å². The van der Waals surface area contributed by atoms with E-state index in [9.17, 15) is 19.8 Å². The summed E-state index contributed by atoms with van der Waals surface area (Å²) in [7, 11) is 0. The highest BCUT2D eigenvalue weighted by atomic mass is 16.6. The van der Waals surface area contributed by atoms with E-state index in [4.69, 9.17) is 32.8 Å². The summed E-state index contributed by atoms with van der Waals surface area (Å²) >= 11 is 0. The number of aliphatic hydroxyl groups is 2. The van der Waals surface area contributed by atoms with Gasteiger partial charge in [-0.05, 0) is 12.8 Å². The molecule has 0 aromatic carbocycles. The smallest absolute Gasteiger partial charge is 0.320 e. The van der Waals surface area contributed by atoms with Gasteiger partial charge in [0, 0.05) is 19.6 Å². The molecule has 6 atom stereocenters. The number of carbonyl (C=O) groups excluding carboxylic acids is 1. The van der Waals surface area contributed by atoms with Gasteiger partial charge in [-0.15, -0.1) is 0 Å². The number of ether oxygens (including phenoxy) is 1. The molecule has 0 aliphatic carbocycles. The number of primary amides is 1. The van der Waals surface area contributed by atoms with Crippen LogP contribution in [-0.2, 0) is 14.3 Å². The number of amides is 1. The number of rotatable bonds is 11. The zero-order valence-electron chi connectivity index (χ0n) is 17.8. The van der Waals surface area contributed by atoms with Gasteiger partial charge in [-0.3, -0.25) is 14.2 Å². The first-order chi connectivity index (χ1) is 15.6. The van der Waals surface area contributed by atoms with Crippen LogP contribution in [0.3, 0.4) is 0 Å². The highest BCUT2D eigenvalue weighted by Gasteiger charge is 2.45. The van der Waals surface area contributed by atoms with Crippen molar-refractivity contribution in [2.24, 2.45) is 17.2 Å². The molecular formula is C18H29N9O6. The number of aromatic nitrogens is 4. The molecule has 3 rings (SSSR count). The van der Waals surface area contributed by atoms with Crippen LogP contribution in [0.25, 0.3) is 11.2 Å². The minimum atomic E-state index is -1.31. The predicted molar refractivity (Wildman–Crippen MR) is 114 cm³/mol. The number of anilines is 1. The summed E-state index contributed by atoms with van der Waals surface area (Å²) in [5.74, 6) is -1.65. The maximum Gasteiger partial charge on any atom is 0.320 e. The van der Waals surface area contributed by atoms with Crippen LogP contribution in [-0.4, -0.2) is 102 Å². The highest BCUT2D eigenvalue weighted by molar-refractivity contribution is 5.81. The molecule has 1 saturated heterocycles. The van der Waals surface area contributed by atoms with Crippen molar-refractivity contribution >= 4 is 28.9 Å². The number of aliphatic hydroxyl groups excluding tert-OH is 2. The molecule has 1 aliphatic rings. The van der Waals surface area contributed by atoms with E-state index in [1.807, 2.05) is 0 Å². The second-order valence-corrected chi connectivity index (χ2v) is 7.96. The number of nitrogen functional groups attached to an aromatic ring is 1. The third kappa shape index (κ3) is 5.52. The SMILES string of the molecule is NC(=O)[C@@H](N)CCN(CC[C@H](N)C(=O)O)C[C@H]1O[C@@H](n2cnc3c(N)ncnc32)[C@H](O)[C@@H]1O. The van der Waals surface area contributed by atoms with Gasteiger partial charge in [0.15, 0.2) is 17.7 Å². The number of imidazole rings is 1. The van der Waals surface area contributed by atoms with Gasteiger partial charge in [0.2, 0.25) is 5.91 Å². The number of carbonyl (C=O) groups is 2. The molecule has 15 heteroatoms. The number of nitrogens with zero attached hydrogens (tertiary/aromatic N) is 5. The molecule has 0 saturated carbocycles. The fourth-order valence-corrected chi connectivity index (χ4v) is 3.62. The van der Waals surface area contributed by atoms with Gasteiger partial charge in [0.05, 0.1) is 12.4 Å². The van der Waals surface area contributed by atoms with Crippen LogP contribution in [0.4, 0.5) is 5.82 Å². The van der Waals surface area contributed by atoms with Crippen molar-refractivity contribution in [1.29, 1.82) is 0 Å². The van der Waals surface area contributed by atoms with E-state index >= 15 is 0 Å². The molecule has 11 N–H and O–H groups in total. The Hall–Kier alpha value is -2.95. The fraction of sp³-hybridized carbons (Fsp3) is 0.611. The summed E-state index contributed by atoms with van der Waals surface area (Å²) in [4.78, 5) is 36.2. The molecule has 0 radical (unpaired) electrons. The molecular weight excluding hydrogens is 438 g/mol. The van der Waals surface area contributed by atoms with E-state index in [2.05, 4.69) is 15.0 Å². The van der Waals surface area contributed by atoms with E-state index in [1.165, 1.54) is 17.2 Å². The van der Waals surface area contributed by atoms with E-state index in [0.717, 1.165) is 0 Å². The second kappa shape index (κ2) is 10.3. The van der Waals surface area contributed by atoms with Gasteiger partial charge >= 0.3 is 5.97 Å². The average molecular weight is 467 g/mol. The van der Waals surface area contributed by atoms with Crippen molar-refractivity contribution in [3.05, 3.63) is 12.7 Å². The molecule has 2 aromatic rings. The van der Waals surface area contributed by atoms with Gasteiger partial charge in [-0.2, -0.15) is 0 Å². The van der Waals surface area contributed by atoms with Crippen molar-refractivity contribution in [2.75, 3.05) is 25.4 Å². The maximum absolute atomic E-state index is 11.3. The lowest BCUT2D eigenvalue weighted by Crippen LogP contribution is -2.45. The van der Waals surface area contributed by atoms with Crippen molar-refractivity contribution < 1.29 is 29.6 Å². The van der Waals surface area contributed by atoms with Crippen LogP contribution in [0.1, 0.15) is 19.1 Å². The molecule has 1 amide bonds. The summed E-state index contributed by atoms with van der Waals surface area (Å²) in [6, 6.07) is -1.98. The Kier molecular flexibility index (Phi) is 7.72. The zero-order valence-corrected chi connectivity index (χ0v) is 17.8. The number of hydrogen-bond acceptors (Lipinski definition) is 12. The van der Waals surface area contributed by atoms with Crippen LogP contribution in [0.2, 0.25) is 0 Å². The van der Waals surface area contributed by atoms with E-state index in [1.54, 1.807) is 4.90 Å². The van der Waals surface area contributed by atoms with Crippen LogP contribution >= 0.6 is 0 Å². The average Bonchev–Trinajstić information content (AvgIpc) is 3.32. The third-order valence-corrected chi connectivity index (χ3v) is 5.63. The Morgan fingerprint density at radius 1 is 1.12 bits per heavy atom. The van der Waals surface area contributed by atoms with Crippen molar-refractivity contribution in [1.82, 2.24) is 24.4 Å². The third-order valence-electron chi connectivity index (χ3n) is 5.63. The first-order valence-corrected chi connectivity index (χ1v) is 10.3. The van der Waals surface area contributed by atoms with Crippen LogP contribution in [0, 0.1) is 0 Å². The van der Waals surface area contributed by atoms with Gasteiger partial charge < -0.3 is 47.9 Å². The molecule has 1 aliphatic heterocycles. The second-order valence-electron chi connectivity index (χ2n) is 7.96. The van der Waals surface area contributed by atoms with Gasteiger partial charge in [-0.1, -0.05) is 0 Å². The summed E-state index contributed by atoms with van der Waals surface area (Å²) in [5, 5.41) is 30.3. The summed E-state index contributed by atoms with van der Waals surface area (Å²) in [5.41, 5.74) is 23.0. The Morgan fingerprint density at radius 3 is 2.42 bits per heavy atom. The molecule has 1 fully saturated rings. The number of carboxylic acids is 1. The fourth-order valence-electron chi connectivity index (χ4n) is 3.62. The monoisotopic (exact) mass is 467 g/mol. The first-order valence-electron chi connectivity index (χ1n) is 10.3. The summed E-state index contributed by atoms with van der Waals surface area (Å²) in [6.07, 6.45) is -1.48. The first kappa shape index (κ1) is 24.7. The maximum atomic E-state index is 11.3. The molecule has 0 spiro atoms. The normalized spacial score (nSPS) is 24.9. The molecule has 0 bridgehead atoms.